The molecule has 146 valence electrons. The van der Waals surface area contributed by atoms with Gasteiger partial charge < -0.3 is 9.47 Å². The summed E-state index contributed by atoms with van der Waals surface area (Å²) in [6.45, 7) is 3.92. The molecule has 0 heterocycles. The van der Waals surface area contributed by atoms with Gasteiger partial charge in [-0.2, -0.15) is 0 Å². The molecule has 0 fully saturated rings. The quantitative estimate of drug-likeness (QED) is 0.597. The first-order valence-electron chi connectivity index (χ1n) is 8.77. The number of anilines is 2. The van der Waals surface area contributed by atoms with E-state index in [2.05, 4.69) is 0 Å². The Morgan fingerprint density at radius 1 is 0.679 bits per heavy atom. The summed E-state index contributed by atoms with van der Waals surface area (Å²) in [6, 6.07) is 19.3. The van der Waals surface area contributed by atoms with E-state index in [4.69, 9.17) is 9.47 Å². The van der Waals surface area contributed by atoms with Crippen LogP contribution in [0.3, 0.4) is 0 Å². The van der Waals surface area contributed by atoms with E-state index >= 15 is 0 Å². The van der Waals surface area contributed by atoms with Gasteiger partial charge in [0.25, 0.3) is 10.0 Å². The largest absolute Gasteiger partial charge is 0.493 e. The predicted octanol–water partition coefficient (Wildman–Crippen LogP) is 4.85. The molecule has 6 heteroatoms. The van der Waals surface area contributed by atoms with Gasteiger partial charge in [-0.25, -0.2) is 12.7 Å². The van der Waals surface area contributed by atoms with Crippen LogP contribution in [0.5, 0.6) is 11.5 Å². The summed E-state index contributed by atoms with van der Waals surface area (Å²) in [5.41, 5.74) is 3.22. The molecular formula is C22H23NO4S. The van der Waals surface area contributed by atoms with Crippen molar-refractivity contribution in [3.63, 3.8) is 0 Å². The van der Waals surface area contributed by atoms with Crippen molar-refractivity contribution in [3.8, 4) is 11.5 Å². The molecule has 0 bridgehead atoms. The first-order valence-corrected chi connectivity index (χ1v) is 10.2. The van der Waals surface area contributed by atoms with Crippen LogP contribution in [0.2, 0.25) is 0 Å². The molecule has 0 radical (unpaired) electrons. The van der Waals surface area contributed by atoms with Crippen molar-refractivity contribution in [3.05, 3.63) is 77.9 Å². The monoisotopic (exact) mass is 397 g/mol. The third kappa shape index (κ3) is 3.82. The van der Waals surface area contributed by atoms with Crippen LogP contribution in [0.15, 0.2) is 71.6 Å². The van der Waals surface area contributed by atoms with Crippen LogP contribution in [0.1, 0.15) is 11.1 Å². The maximum atomic E-state index is 13.6. The van der Waals surface area contributed by atoms with Gasteiger partial charge in [0.1, 0.15) is 0 Å². The second kappa shape index (κ2) is 7.94. The highest BCUT2D eigenvalue weighted by atomic mass is 32.2. The lowest BCUT2D eigenvalue weighted by Crippen LogP contribution is -2.26. The highest BCUT2D eigenvalue weighted by molar-refractivity contribution is 7.93. The number of aryl methyl sites for hydroxylation is 2. The number of hydrogen-bond donors (Lipinski definition) is 0. The minimum atomic E-state index is -3.89. The van der Waals surface area contributed by atoms with E-state index in [0.717, 1.165) is 11.1 Å². The van der Waals surface area contributed by atoms with Crippen molar-refractivity contribution in [2.24, 2.45) is 0 Å². The Morgan fingerprint density at radius 2 is 1.14 bits per heavy atom. The SMILES string of the molecule is COc1ccc(S(=O)(=O)N(c2ccc(C)cc2)c2ccc(C)cc2)cc1OC. The Kier molecular flexibility index (Phi) is 5.61. The average Bonchev–Trinajstić information content (AvgIpc) is 2.70. The molecule has 0 unspecified atom stereocenters. The Hall–Kier alpha value is -2.99. The van der Waals surface area contributed by atoms with E-state index in [1.165, 1.54) is 30.7 Å². The van der Waals surface area contributed by atoms with Gasteiger partial charge >= 0.3 is 0 Å². The lowest BCUT2D eigenvalue weighted by atomic mass is 10.2. The minimum absolute atomic E-state index is 0.117. The van der Waals surface area contributed by atoms with Gasteiger partial charge in [0, 0.05) is 6.07 Å². The molecule has 0 spiro atoms. The van der Waals surface area contributed by atoms with Crippen LogP contribution < -0.4 is 13.8 Å². The van der Waals surface area contributed by atoms with Crippen molar-refractivity contribution >= 4 is 21.4 Å². The second-order valence-corrected chi connectivity index (χ2v) is 8.24. The highest BCUT2D eigenvalue weighted by Gasteiger charge is 2.28. The van der Waals surface area contributed by atoms with Crippen molar-refractivity contribution in [2.75, 3.05) is 18.5 Å². The molecule has 0 saturated heterocycles. The van der Waals surface area contributed by atoms with Crippen LogP contribution >= 0.6 is 0 Å². The molecule has 5 nitrogen and oxygen atoms in total. The maximum Gasteiger partial charge on any atom is 0.268 e. The van der Waals surface area contributed by atoms with E-state index in [0.29, 0.717) is 22.9 Å². The molecule has 0 N–H and O–H groups in total. The number of ether oxygens (including phenoxy) is 2. The number of hydrogen-bond acceptors (Lipinski definition) is 4. The highest BCUT2D eigenvalue weighted by Crippen LogP contribution is 2.36. The number of rotatable bonds is 6. The third-order valence-corrected chi connectivity index (χ3v) is 6.18. The maximum absolute atomic E-state index is 13.6. The molecule has 3 aromatic rings. The number of nitrogens with zero attached hydrogens (tertiary/aromatic N) is 1. The summed E-state index contributed by atoms with van der Waals surface area (Å²) >= 11 is 0. The molecule has 0 aliphatic rings. The van der Waals surface area contributed by atoms with Crippen LogP contribution in [-0.2, 0) is 10.0 Å². The molecule has 3 aromatic carbocycles. The van der Waals surface area contributed by atoms with Gasteiger partial charge in [0.2, 0.25) is 0 Å². The van der Waals surface area contributed by atoms with Crippen LogP contribution in [0.25, 0.3) is 0 Å². The number of methoxy groups -OCH3 is 2. The van der Waals surface area contributed by atoms with E-state index < -0.39 is 10.0 Å². The van der Waals surface area contributed by atoms with Gasteiger partial charge in [0.15, 0.2) is 11.5 Å². The molecule has 3 rings (SSSR count). The fourth-order valence-corrected chi connectivity index (χ4v) is 4.37. The average molecular weight is 397 g/mol. The van der Waals surface area contributed by atoms with Crippen LogP contribution in [0, 0.1) is 13.8 Å². The summed E-state index contributed by atoms with van der Waals surface area (Å²) < 4.78 is 39.1. The van der Waals surface area contributed by atoms with Crippen molar-refractivity contribution in [2.45, 2.75) is 18.7 Å². The minimum Gasteiger partial charge on any atom is -0.493 e. The van der Waals surface area contributed by atoms with Crippen molar-refractivity contribution in [1.29, 1.82) is 0 Å². The molecule has 0 atom stereocenters. The van der Waals surface area contributed by atoms with Gasteiger partial charge in [-0.1, -0.05) is 35.4 Å². The molecule has 28 heavy (non-hydrogen) atoms. The van der Waals surface area contributed by atoms with Gasteiger partial charge in [-0.3, -0.25) is 0 Å². The topological polar surface area (TPSA) is 55.8 Å². The Bertz CT molecular complexity index is 1010. The molecule has 0 aliphatic carbocycles. The molecule has 0 aromatic heterocycles. The Morgan fingerprint density at radius 3 is 1.57 bits per heavy atom. The van der Waals surface area contributed by atoms with E-state index in [-0.39, 0.29) is 4.90 Å². The fraction of sp³-hybridized carbons (Fsp3) is 0.182. The summed E-state index contributed by atoms with van der Waals surface area (Å²) in [4.78, 5) is 0.117. The molecule has 0 saturated carbocycles. The second-order valence-electron chi connectivity index (χ2n) is 6.46. The number of benzene rings is 3. The zero-order valence-electron chi connectivity index (χ0n) is 16.3. The van der Waals surface area contributed by atoms with E-state index in [1.807, 2.05) is 38.1 Å². The summed E-state index contributed by atoms with van der Waals surface area (Å²) in [7, 11) is -0.904. The molecule has 0 aliphatic heterocycles. The summed E-state index contributed by atoms with van der Waals surface area (Å²) in [5, 5.41) is 0. The standard InChI is InChI=1S/C22H23NO4S/c1-16-5-9-18(10-6-16)23(19-11-7-17(2)8-12-19)28(24,25)20-13-14-21(26-3)22(15-20)27-4/h5-15H,1-4H3. The summed E-state index contributed by atoms with van der Waals surface area (Å²) in [5.74, 6) is 0.829. The molecular weight excluding hydrogens is 374 g/mol. The van der Waals surface area contributed by atoms with E-state index in [9.17, 15) is 8.42 Å². The van der Waals surface area contributed by atoms with Crippen molar-refractivity contribution < 1.29 is 17.9 Å². The number of sulfonamides is 1. The summed E-state index contributed by atoms with van der Waals surface area (Å²) in [6.07, 6.45) is 0. The Labute approximate surface area is 166 Å². The Balaban J connectivity index is 2.18. The first-order chi connectivity index (χ1) is 13.4. The van der Waals surface area contributed by atoms with Crippen LogP contribution in [-0.4, -0.2) is 22.6 Å². The molecule has 0 amide bonds. The first kappa shape index (κ1) is 19.8. The van der Waals surface area contributed by atoms with Gasteiger partial charge in [-0.15, -0.1) is 0 Å². The lowest BCUT2D eigenvalue weighted by molar-refractivity contribution is 0.354. The predicted molar refractivity (Wildman–Crippen MR) is 111 cm³/mol. The van der Waals surface area contributed by atoms with Crippen molar-refractivity contribution in [1.82, 2.24) is 0 Å². The van der Waals surface area contributed by atoms with Gasteiger partial charge in [-0.05, 0) is 50.2 Å². The normalized spacial score (nSPS) is 11.1. The smallest absolute Gasteiger partial charge is 0.268 e. The fourth-order valence-electron chi connectivity index (χ4n) is 2.87. The third-order valence-electron chi connectivity index (χ3n) is 4.43. The van der Waals surface area contributed by atoms with E-state index in [1.54, 1.807) is 30.3 Å². The lowest BCUT2D eigenvalue weighted by Gasteiger charge is -2.25. The van der Waals surface area contributed by atoms with Gasteiger partial charge in [0.05, 0.1) is 30.5 Å². The zero-order valence-corrected chi connectivity index (χ0v) is 17.2. The van der Waals surface area contributed by atoms with Crippen LogP contribution in [0.4, 0.5) is 11.4 Å². The zero-order chi connectivity index (χ0) is 20.3.